The third kappa shape index (κ3) is 8.06. The van der Waals surface area contributed by atoms with Crippen LogP contribution in [0.1, 0.15) is 44.7 Å². The highest BCUT2D eigenvalue weighted by Gasteiger charge is 2.29. The molecule has 37 heavy (non-hydrogen) atoms. The lowest BCUT2D eigenvalue weighted by molar-refractivity contribution is 0.264. The Labute approximate surface area is 222 Å². The standard InChI is InChI=1S/C30H40N2O4S/c1-5-31(6-2)21-13-14-25(3)32(37(33,34)28-17-11-8-12-18-28)23-27-19-20-29(30(22-27)35-4)36-24-26-15-9-7-10-16-26/h7-12,15-20,22,25H,5-6,13-14,21,23-24H2,1-4H3. The van der Waals surface area contributed by atoms with Crippen molar-refractivity contribution in [1.82, 2.24) is 9.21 Å². The van der Waals surface area contributed by atoms with Crippen LogP contribution >= 0.6 is 0 Å². The summed E-state index contributed by atoms with van der Waals surface area (Å²) in [4.78, 5) is 2.67. The molecule has 0 bridgehead atoms. The maximum Gasteiger partial charge on any atom is 0.243 e. The number of hydrogen-bond donors (Lipinski definition) is 0. The number of rotatable bonds is 15. The Morgan fingerprint density at radius 1 is 0.838 bits per heavy atom. The molecule has 200 valence electrons. The van der Waals surface area contributed by atoms with Gasteiger partial charge in [-0.2, -0.15) is 4.31 Å². The van der Waals surface area contributed by atoms with Gasteiger partial charge in [0.2, 0.25) is 10.0 Å². The average Bonchev–Trinajstić information content (AvgIpc) is 2.94. The van der Waals surface area contributed by atoms with Crippen LogP contribution in [0.3, 0.4) is 0 Å². The second-order valence-electron chi connectivity index (χ2n) is 9.14. The third-order valence-electron chi connectivity index (χ3n) is 6.64. The Morgan fingerprint density at radius 3 is 2.11 bits per heavy atom. The van der Waals surface area contributed by atoms with Gasteiger partial charge >= 0.3 is 0 Å². The van der Waals surface area contributed by atoms with Crippen LogP contribution in [0.25, 0.3) is 0 Å². The summed E-state index contributed by atoms with van der Waals surface area (Å²) in [6.45, 7) is 9.92. The van der Waals surface area contributed by atoms with E-state index in [-0.39, 0.29) is 12.6 Å². The van der Waals surface area contributed by atoms with Crippen LogP contribution < -0.4 is 9.47 Å². The molecule has 0 aromatic heterocycles. The highest BCUT2D eigenvalue weighted by molar-refractivity contribution is 7.89. The molecule has 0 amide bonds. The molecule has 3 aromatic carbocycles. The minimum atomic E-state index is -3.69. The van der Waals surface area contributed by atoms with E-state index >= 15 is 0 Å². The summed E-state index contributed by atoms with van der Waals surface area (Å²) in [6.07, 6.45) is 1.71. The van der Waals surface area contributed by atoms with Gasteiger partial charge in [-0.3, -0.25) is 0 Å². The van der Waals surface area contributed by atoms with E-state index < -0.39 is 10.0 Å². The number of nitrogens with zero attached hydrogens (tertiary/aromatic N) is 2. The number of methoxy groups -OCH3 is 1. The van der Waals surface area contributed by atoms with Crippen LogP contribution in [0, 0.1) is 0 Å². The fourth-order valence-electron chi connectivity index (χ4n) is 4.34. The molecule has 0 N–H and O–H groups in total. The van der Waals surface area contributed by atoms with Gasteiger partial charge in [-0.25, -0.2) is 8.42 Å². The molecule has 0 aliphatic heterocycles. The van der Waals surface area contributed by atoms with Crippen LogP contribution in [0.5, 0.6) is 11.5 Å². The summed E-state index contributed by atoms with van der Waals surface area (Å²) >= 11 is 0. The first-order valence-electron chi connectivity index (χ1n) is 13.0. The first-order valence-corrected chi connectivity index (χ1v) is 14.5. The van der Waals surface area contributed by atoms with Gasteiger partial charge < -0.3 is 14.4 Å². The smallest absolute Gasteiger partial charge is 0.243 e. The molecule has 1 atom stereocenters. The van der Waals surface area contributed by atoms with Crippen molar-refractivity contribution >= 4 is 10.0 Å². The first kappa shape index (κ1) is 28.7. The molecule has 0 aliphatic carbocycles. The number of hydrogen-bond acceptors (Lipinski definition) is 5. The second-order valence-corrected chi connectivity index (χ2v) is 11.0. The minimum absolute atomic E-state index is 0.166. The van der Waals surface area contributed by atoms with E-state index in [1.54, 1.807) is 35.7 Å². The lowest BCUT2D eigenvalue weighted by Gasteiger charge is -2.29. The summed E-state index contributed by atoms with van der Waals surface area (Å²) in [7, 11) is -2.09. The molecule has 7 heteroatoms. The van der Waals surface area contributed by atoms with Crippen molar-refractivity contribution in [3.63, 3.8) is 0 Å². The molecule has 6 nitrogen and oxygen atoms in total. The Balaban J connectivity index is 1.81. The summed E-state index contributed by atoms with van der Waals surface area (Å²) < 4.78 is 40.7. The van der Waals surface area contributed by atoms with Crippen molar-refractivity contribution in [3.05, 3.63) is 90.0 Å². The molecule has 0 saturated carbocycles. The zero-order valence-electron chi connectivity index (χ0n) is 22.5. The molecule has 3 rings (SSSR count). The van der Waals surface area contributed by atoms with Crippen molar-refractivity contribution in [3.8, 4) is 11.5 Å². The molecule has 0 aliphatic rings. The quantitative estimate of drug-likeness (QED) is 0.245. The number of ether oxygens (including phenoxy) is 2. The van der Waals surface area contributed by atoms with Gasteiger partial charge in [0.15, 0.2) is 11.5 Å². The molecule has 0 saturated heterocycles. The molecule has 0 radical (unpaired) electrons. The molecule has 0 fully saturated rings. The summed E-state index contributed by atoms with van der Waals surface area (Å²) in [5, 5.41) is 0. The highest BCUT2D eigenvalue weighted by Crippen LogP contribution is 2.31. The first-order chi connectivity index (χ1) is 17.9. The van der Waals surface area contributed by atoms with Gasteiger partial charge in [-0.1, -0.05) is 68.4 Å². The Kier molecular flexibility index (Phi) is 11.0. The van der Waals surface area contributed by atoms with Crippen LogP contribution in [0.15, 0.2) is 83.8 Å². The minimum Gasteiger partial charge on any atom is -0.493 e. The van der Waals surface area contributed by atoms with E-state index in [9.17, 15) is 8.42 Å². The van der Waals surface area contributed by atoms with E-state index in [1.165, 1.54) is 0 Å². The van der Waals surface area contributed by atoms with E-state index in [2.05, 4.69) is 18.7 Å². The maximum absolute atomic E-state index is 13.7. The topological polar surface area (TPSA) is 59.1 Å². The molecular formula is C30H40N2O4S. The van der Waals surface area contributed by atoms with Gasteiger partial charge in [0.05, 0.1) is 12.0 Å². The van der Waals surface area contributed by atoms with E-state index in [0.29, 0.717) is 23.0 Å². The van der Waals surface area contributed by atoms with Gasteiger partial charge in [-0.15, -0.1) is 0 Å². The summed E-state index contributed by atoms with van der Waals surface area (Å²) in [5.74, 6) is 1.21. The maximum atomic E-state index is 13.7. The van der Waals surface area contributed by atoms with Crippen molar-refractivity contribution in [2.75, 3.05) is 26.7 Å². The lowest BCUT2D eigenvalue weighted by Crippen LogP contribution is -2.38. The predicted octanol–water partition coefficient (Wildman–Crippen LogP) is 5.98. The molecule has 1 unspecified atom stereocenters. The van der Waals surface area contributed by atoms with Gasteiger partial charge in [-0.05, 0) is 74.8 Å². The van der Waals surface area contributed by atoms with Gasteiger partial charge in [0.25, 0.3) is 0 Å². The van der Waals surface area contributed by atoms with Crippen LogP contribution in [0.4, 0.5) is 0 Å². The zero-order valence-corrected chi connectivity index (χ0v) is 23.3. The molecule has 3 aromatic rings. The lowest BCUT2D eigenvalue weighted by atomic mass is 10.1. The van der Waals surface area contributed by atoms with Crippen LogP contribution in [-0.2, 0) is 23.2 Å². The number of sulfonamides is 1. The molecule has 0 spiro atoms. The fraction of sp³-hybridized carbons (Fsp3) is 0.400. The molecule has 0 heterocycles. The number of benzene rings is 3. The van der Waals surface area contributed by atoms with Crippen LogP contribution in [0.2, 0.25) is 0 Å². The summed E-state index contributed by atoms with van der Waals surface area (Å²) in [5.41, 5.74) is 1.91. The van der Waals surface area contributed by atoms with Gasteiger partial charge in [0, 0.05) is 12.6 Å². The SMILES string of the molecule is CCN(CC)CCCC(C)N(Cc1ccc(OCc2ccccc2)c(OC)c1)S(=O)(=O)c1ccccc1. The highest BCUT2D eigenvalue weighted by atomic mass is 32.2. The van der Waals surface area contributed by atoms with E-state index in [0.717, 1.165) is 43.6 Å². The van der Waals surface area contributed by atoms with Gasteiger partial charge in [0.1, 0.15) is 6.61 Å². The third-order valence-corrected chi connectivity index (χ3v) is 8.61. The Hall–Kier alpha value is -2.87. The predicted molar refractivity (Wildman–Crippen MR) is 149 cm³/mol. The fourth-order valence-corrected chi connectivity index (χ4v) is 6.01. The van der Waals surface area contributed by atoms with Crippen molar-refractivity contribution in [2.24, 2.45) is 0 Å². The molecular weight excluding hydrogens is 484 g/mol. The van der Waals surface area contributed by atoms with Crippen molar-refractivity contribution in [2.45, 2.75) is 57.7 Å². The average molecular weight is 525 g/mol. The van der Waals surface area contributed by atoms with Crippen molar-refractivity contribution < 1.29 is 17.9 Å². The Morgan fingerprint density at radius 2 is 1.49 bits per heavy atom. The van der Waals surface area contributed by atoms with E-state index in [4.69, 9.17) is 9.47 Å². The zero-order chi connectivity index (χ0) is 26.7. The Bertz CT molecular complexity index is 1180. The van der Waals surface area contributed by atoms with Crippen molar-refractivity contribution in [1.29, 1.82) is 0 Å². The van der Waals surface area contributed by atoms with Crippen LogP contribution in [-0.4, -0.2) is 50.4 Å². The summed E-state index contributed by atoms with van der Waals surface area (Å²) in [6, 6.07) is 24.1. The monoisotopic (exact) mass is 524 g/mol. The van der Waals surface area contributed by atoms with E-state index in [1.807, 2.05) is 61.5 Å². The second kappa shape index (κ2) is 14.2. The largest absolute Gasteiger partial charge is 0.493 e. The normalized spacial score (nSPS) is 12.6.